The Morgan fingerprint density at radius 1 is 1.23 bits per heavy atom. The molecule has 0 unspecified atom stereocenters. The summed E-state index contributed by atoms with van der Waals surface area (Å²) in [6, 6.07) is 4.18. The van der Waals surface area contributed by atoms with E-state index in [1.54, 1.807) is 0 Å². The fraction of sp³-hybridized carbons (Fsp3) is 0.545. The zero-order valence-electron chi connectivity index (χ0n) is 16.1. The monoisotopic (exact) mass is 354 g/mol. The highest BCUT2D eigenvalue weighted by atomic mass is 16.4. The average molecular weight is 354 g/mol. The summed E-state index contributed by atoms with van der Waals surface area (Å²) in [5.74, 6) is 0.403. The number of fused-ring (bicyclic) bond motifs is 1. The summed E-state index contributed by atoms with van der Waals surface area (Å²) in [4.78, 5) is 12.9. The van der Waals surface area contributed by atoms with E-state index >= 15 is 0 Å². The minimum Gasteiger partial charge on any atom is -0.411 e. The summed E-state index contributed by atoms with van der Waals surface area (Å²) in [6.45, 7) is 6.35. The molecule has 2 N–H and O–H groups in total. The lowest BCUT2D eigenvalue weighted by molar-refractivity contribution is -0.118. The molecule has 1 aromatic carbocycles. The van der Waals surface area contributed by atoms with Gasteiger partial charge < -0.3 is 10.5 Å². The van der Waals surface area contributed by atoms with Gasteiger partial charge in [-0.15, -0.1) is 0 Å². The van der Waals surface area contributed by atoms with Crippen molar-refractivity contribution < 1.29 is 10.0 Å². The fourth-order valence-corrected chi connectivity index (χ4v) is 4.27. The van der Waals surface area contributed by atoms with Crippen LogP contribution >= 0.6 is 0 Å². The lowest BCUT2D eigenvalue weighted by Crippen LogP contribution is -2.44. The van der Waals surface area contributed by atoms with Crippen molar-refractivity contribution in [1.82, 2.24) is 5.32 Å². The first-order chi connectivity index (χ1) is 12.4. The number of carbonyl (C=O) groups is 1. The van der Waals surface area contributed by atoms with E-state index in [9.17, 15) is 4.79 Å². The van der Waals surface area contributed by atoms with Crippen LogP contribution in [0.3, 0.4) is 0 Å². The maximum Gasteiger partial charge on any atom is 0.160 e. The summed E-state index contributed by atoms with van der Waals surface area (Å²) in [6.07, 6.45) is 11.0. The van der Waals surface area contributed by atoms with E-state index in [1.165, 1.54) is 24.6 Å². The van der Waals surface area contributed by atoms with Crippen molar-refractivity contribution in [2.45, 2.75) is 71.3 Å². The van der Waals surface area contributed by atoms with Crippen molar-refractivity contribution in [3.63, 3.8) is 0 Å². The van der Waals surface area contributed by atoms with Crippen molar-refractivity contribution in [2.24, 2.45) is 11.1 Å². The average Bonchev–Trinajstić information content (AvgIpc) is 2.85. The molecule has 1 aliphatic carbocycles. The van der Waals surface area contributed by atoms with Gasteiger partial charge in [0.15, 0.2) is 5.78 Å². The highest BCUT2D eigenvalue weighted by Gasteiger charge is 2.29. The van der Waals surface area contributed by atoms with Gasteiger partial charge in [0.2, 0.25) is 0 Å². The number of aryl methyl sites for hydroxylation is 1. The van der Waals surface area contributed by atoms with Crippen LogP contribution < -0.4 is 5.32 Å². The Bertz CT molecular complexity index is 739. The van der Waals surface area contributed by atoms with E-state index in [1.807, 2.05) is 19.1 Å². The molecular formula is C22H30N2O2. The molecule has 1 aliphatic heterocycles. The number of hydrogen-bond acceptors (Lipinski definition) is 4. The largest absolute Gasteiger partial charge is 0.411 e. The molecule has 0 atom stereocenters. The van der Waals surface area contributed by atoms with Crippen molar-refractivity contribution >= 4 is 17.7 Å². The van der Waals surface area contributed by atoms with Gasteiger partial charge in [-0.25, -0.2) is 0 Å². The van der Waals surface area contributed by atoms with Gasteiger partial charge in [-0.2, -0.15) is 0 Å². The van der Waals surface area contributed by atoms with Gasteiger partial charge in [-0.1, -0.05) is 36.9 Å². The highest BCUT2D eigenvalue weighted by Crippen LogP contribution is 2.32. The first-order valence-electron chi connectivity index (χ1n) is 9.75. The van der Waals surface area contributed by atoms with Crippen molar-refractivity contribution in [1.29, 1.82) is 0 Å². The normalized spacial score (nSPS) is 22.0. The predicted octanol–water partition coefficient (Wildman–Crippen LogP) is 4.61. The summed E-state index contributed by atoms with van der Waals surface area (Å²) in [5.41, 5.74) is 5.04. The minimum absolute atomic E-state index is 0.0956. The topological polar surface area (TPSA) is 61.7 Å². The summed E-state index contributed by atoms with van der Waals surface area (Å²) < 4.78 is 0. The van der Waals surface area contributed by atoms with E-state index in [4.69, 9.17) is 5.21 Å². The molecule has 0 radical (unpaired) electrons. The predicted molar refractivity (Wildman–Crippen MR) is 106 cm³/mol. The minimum atomic E-state index is -0.0956. The van der Waals surface area contributed by atoms with Crippen LogP contribution in [0.25, 0.3) is 5.70 Å². The molecule has 0 bridgehead atoms. The molecule has 2 aliphatic rings. The lowest BCUT2D eigenvalue weighted by atomic mass is 9.83. The summed E-state index contributed by atoms with van der Waals surface area (Å²) >= 11 is 0. The SMILES string of the molecule is Cc1cc2c(cc1/C=N/O)/C(=C/C(=O)C1CCCCCC1)NC(C)(C)C2. The Balaban J connectivity index is 1.98. The van der Waals surface area contributed by atoms with Gasteiger partial charge in [-0.05, 0) is 62.8 Å². The zero-order valence-corrected chi connectivity index (χ0v) is 16.1. The number of hydrogen-bond donors (Lipinski definition) is 2. The van der Waals surface area contributed by atoms with Crippen LogP contribution in [0.5, 0.6) is 0 Å². The maximum atomic E-state index is 12.9. The third-order valence-electron chi connectivity index (χ3n) is 5.63. The fourth-order valence-electron chi connectivity index (χ4n) is 4.27. The number of benzene rings is 1. The van der Waals surface area contributed by atoms with E-state index in [-0.39, 0.29) is 17.2 Å². The van der Waals surface area contributed by atoms with E-state index in [2.05, 4.69) is 30.4 Å². The number of nitrogens with zero attached hydrogens (tertiary/aromatic N) is 1. The second-order valence-corrected chi connectivity index (χ2v) is 8.45. The number of allylic oxidation sites excluding steroid dienone is 1. The molecule has 3 rings (SSSR count). The zero-order chi connectivity index (χ0) is 18.7. The molecule has 1 heterocycles. The molecule has 4 nitrogen and oxygen atoms in total. The van der Waals surface area contributed by atoms with Gasteiger partial charge in [0.1, 0.15) is 0 Å². The second kappa shape index (κ2) is 7.65. The summed E-state index contributed by atoms with van der Waals surface area (Å²) in [5, 5.41) is 15.7. The molecule has 4 heteroatoms. The highest BCUT2D eigenvalue weighted by molar-refractivity contribution is 5.99. The molecule has 140 valence electrons. The quantitative estimate of drug-likeness (QED) is 0.274. The molecule has 0 aromatic heterocycles. The van der Waals surface area contributed by atoms with E-state index < -0.39 is 0 Å². The van der Waals surface area contributed by atoms with Gasteiger partial charge in [-0.3, -0.25) is 4.79 Å². The third-order valence-corrected chi connectivity index (χ3v) is 5.63. The molecule has 0 amide bonds. The summed E-state index contributed by atoms with van der Waals surface area (Å²) in [7, 11) is 0. The lowest BCUT2D eigenvalue weighted by Gasteiger charge is -2.36. The van der Waals surface area contributed by atoms with Gasteiger partial charge >= 0.3 is 0 Å². The Hall–Kier alpha value is -2.10. The van der Waals surface area contributed by atoms with E-state index in [0.29, 0.717) is 0 Å². The molecule has 1 saturated carbocycles. The first kappa shape index (κ1) is 18.7. The smallest absolute Gasteiger partial charge is 0.160 e. The second-order valence-electron chi connectivity index (χ2n) is 8.45. The van der Waals surface area contributed by atoms with Gasteiger partial charge in [0.25, 0.3) is 0 Å². The number of carbonyl (C=O) groups excluding carboxylic acids is 1. The maximum absolute atomic E-state index is 12.9. The molecule has 0 spiro atoms. The Morgan fingerprint density at radius 3 is 2.58 bits per heavy atom. The third kappa shape index (κ3) is 4.17. The van der Waals surface area contributed by atoms with Crippen molar-refractivity contribution in [3.8, 4) is 0 Å². The Labute approximate surface area is 156 Å². The first-order valence-corrected chi connectivity index (χ1v) is 9.75. The van der Waals surface area contributed by atoms with Crippen LogP contribution in [0.2, 0.25) is 0 Å². The number of rotatable bonds is 3. The Kier molecular flexibility index (Phi) is 5.49. The van der Waals surface area contributed by atoms with Crippen LogP contribution in [0.1, 0.15) is 74.6 Å². The number of oxime groups is 1. The van der Waals surface area contributed by atoms with Crippen LogP contribution in [-0.4, -0.2) is 22.7 Å². The molecule has 1 fully saturated rings. The molecule has 1 aromatic rings. The van der Waals surface area contributed by atoms with Crippen molar-refractivity contribution in [3.05, 3.63) is 40.5 Å². The van der Waals surface area contributed by atoms with E-state index in [0.717, 1.165) is 54.5 Å². The molecular weight excluding hydrogens is 324 g/mol. The van der Waals surface area contributed by atoms with Gasteiger partial charge in [0.05, 0.1) is 6.21 Å². The van der Waals surface area contributed by atoms with Crippen LogP contribution in [0, 0.1) is 12.8 Å². The van der Waals surface area contributed by atoms with Crippen LogP contribution in [0.15, 0.2) is 23.4 Å². The van der Waals surface area contributed by atoms with Crippen LogP contribution in [-0.2, 0) is 11.2 Å². The van der Waals surface area contributed by atoms with Gasteiger partial charge in [0, 0.05) is 28.8 Å². The van der Waals surface area contributed by atoms with Crippen LogP contribution in [0.4, 0.5) is 0 Å². The number of ketones is 1. The molecule has 26 heavy (non-hydrogen) atoms. The number of nitrogens with one attached hydrogen (secondary N) is 1. The Morgan fingerprint density at radius 2 is 1.92 bits per heavy atom. The van der Waals surface area contributed by atoms with Crippen molar-refractivity contribution in [2.75, 3.05) is 0 Å². The molecule has 0 saturated heterocycles. The standard InChI is InChI=1S/C22H30N2O2/c1-15-10-17-13-22(2,3)24-20(19(17)11-18(15)14-23-26)12-21(25)16-8-6-4-5-7-9-16/h10-12,14,16,24,26H,4-9,13H2,1-3H3/b20-12-,23-14+.